The highest BCUT2D eigenvalue weighted by Crippen LogP contribution is 2.17. The first kappa shape index (κ1) is 19.5. The number of hydrogen-bond donors (Lipinski definition) is 2. The topological polar surface area (TPSA) is 102 Å². The summed E-state index contributed by atoms with van der Waals surface area (Å²) in [6, 6.07) is 12.7. The molecule has 26 heavy (non-hydrogen) atoms. The van der Waals surface area contributed by atoms with Crippen molar-refractivity contribution < 1.29 is 22.7 Å². The van der Waals surface area contributed by atoms with E-state index in [9.17, 15) is 18.0 Å². The van der Waals surface area contributed by atoms with Gasteiger partial charge in [0.25, 0.3) is 0 Å². The number of anilines is 2. The Morgan fingerprint density at radius 3 is 2.50 bits per heavy atom. The molecule has 0 saturated heterocycles. The van der Waals surface area contributed by atoms with Crippen LogP contribution in [0.25, 0.3) is 0 Å². The van der Waals surface area contributed by atoms with E-state index in [2.05, 4.69) is 10.6 Å². The van der Waals surface area contributed by atoms with Crippen LogP contribution in [0.1, 0.15) is 17.3 Å². The molecule has 0 unspecified atom stereocenters. The summed E-state index contributed by atoms with van der Waals surface area (Å²) in [5.41, 5.74) is 1.12. The number of rotatable bonds is 7. The zero-order valence-corrected chi connectivity index (χ0v) is 15.3. The molecule has 2 aromatic carbocycles. The van der Waals surface area contributed by atoms with Gasteiger partial charge in [0.2, 0.25) is 5.91 Å². The Morgan fingerprint density at radius 1 is 1.08 bits per heavy atom. The number of esters is 1. The number of carbonyl (C=O) groups is 2. The molecule has 0 atom stereocenters. The highest BCUT2D eigenvalue weighted by Gasteiger charge is 2.14. The molecule has 0 heterocycles. The molecule has 0 fully saturated rings. The predicted octanol–water partition coefficient (Wildman–Crippen LogP) is 2.32. The Labute approximate surface area is 152 Å². The maximum Gasteiger partial charge on any atom is 0.340 e. The van der Waals surface area contributed by atoms with Crippen LogP contribution in [0.4, 0.5) is 11.4 Å². The van der Waals surface area contributed by atoms with Crippen molar-refractivity contribution in [1.29, 1.82) is 0 Å². The summed E-state index contributed by atoms with van der Waals surface area (Å²) in [6.07, 6.45) is 1.12. The fraction of sp³-hybridized carbons (Fsp3) is 0.222. The van der Waals surface area contributed by atoms with Gasteiger partial charge in [0, 0.05) is 11.9 Å². The van der Waals surface area contributed by atoms with Crippen LogP contribution in [-0.2, 0) is 19.4 Å². The second-order valence-electron chi connectivity index (χ2n) is 5.47. The van der Waals surface area contributed by atoms with E-state index >= 15 is 0 Å². The van der Waals surface area contributed by atoms with E-state index in [-0.39, 0.29) is 29.5 Å². The minimum atomic E-state index is -3.33. The third kappa shape index (κ3) is 5.32. The number of amides is 1. The first-order valence-corrected chi connectivity index (χ1v) is 9.80. The fourth-order valence-corrected chi connectivity index (χ4v) is 2.86. The molecule has 1 amide bonds. The Balaban J connectivity index is 2.03. The number of sulfone groups is 1. The molecule has 0 aromatic heterocycles. The summed E-state index contributed by atoms with van der Waals surface area (Å²) in [4.78, 5) is 24.2. The maximum atomic E-state index is 12.2. The van der Waals surface area contributed by atoms with Crippen LogP contribution in [0, 0.1) is 0 Å². The average molecular weight is 376 g/mol. The third-order valence-corrected chi connectivity index (χ3v) is 4.52. The molecule has 8 heteroatoms. The van der Waals surface area contributed by atoms with Crippen molar-refractivity contribution >= 4 is 33.1 Å². The lowest BCUT2D eigenvalue weighted by Crippen LogP contribution is -2.23. The minimum absolute atomic E-state index is 0.0929. The fourth-order valence-electron chi connectivity index (χ4n) is 2.19. The highest BCUT2D eigenvalue weighted by atomic mass is 32.2. The normalized spacial score (nSPS) is 10.8. The molecule has 138 valence electrons. The van der Waals surface area contributed by atoms with Gasteiger partial charge in [-0.1, -0.05) is 18.2 Å². The van der Waals surface area contributed by atoms with Crippen molar-refractivity contribution in [2.45, 2.75) is 11.8 Å². The standard InChI is InChI=1S/C18H20N2O5S/c1-3-25-18(22)15-9-4-5-10-16(15)20-17(21)12-19-13-7-6-8-14(11-13)26(2,23)24/h4-11,19H,3,12H2,1-2H3,(H,20,21). The monoisotopic (exact) mass is 376 g/mol. The Hall–Kier alpha value is -2.87. The molecule has 0 aliphatic rings. The van der Waals surface area contributed by atoms with Crippen LogP contribution in [-0.4, -0.2) is 39.7 Å². The molecule has 7 nitrogen and oxygen atoms in total. The van der Waals surface area contributed by atoms with Gasteiger partial charge in [0.15, 0.2) is 9.84 Å². The molecular formula is C18H20N2O5S. The van der Waals surface area contributed by atoms with E-state index in [1.54, 1.807) is 43.3 Å². The van der Waals surface area contributed by atoms with Gasteiger partial charge in [-0.2, -0.15) is 0 Å². The number of carbonyl (C=O) groups excluding carboxylic acids is 2. The summed E-state index contributed by atoms with van der Waals surface area (Å²) in [5.74, 6) is -0.899. The number of para-hydroxylation sites is 1. The van der Waals surface area contributed by atoms with Crippen molar-refractivity contribution in [3.8, 4) is 0 Å². The quantitative estimate of drug-likeness (QED) is 0.719. The molecule has 2 aromatic rings. The van der Waals surface area contributed by atoms with Gasteiger partial charge in [0.05, 0.1) is 29.3 Å². The number of benzene rings is 2. The van der Waals surface area contributed by atoms with Gasteiger partial charge in [-0.15, -0.1) is 0 Å². The minimum Gasteiger partial charge on any atom is -0.462 e. The zero-order chi connectivity index (χ0) is 19.2. The van der Waals surface area contributed by atoms with Crippen molar-refractivity contribution in [2.24, 2.45) is 0 Å². The zero-order valence-electron chi connectivity index (χ0n) is 14.5. The lowest BCUT2D eigenvalue weighted by atomic mass is 10.2. The van der Waals surface area contributed by atoms with Gasteiger partial charge in [-0.25, -0.2) is 13.2 Å². The van der Waals surface area contributed by atoms with Crippen LogP contribution in [0.15, 0.2) is 53.4 Å². The molecule has 0 spiro atoms. The van der Waals surface area contributed by atoms with Gasteiger partial charge in [-0.3, -0.25) is 4.79 Å². The van der Waals surface area contributed by atoms with E-state index in [1.165, 1.54) is 12.1 Å². The summed E-state index contributed by atoms with van der Waals surface area (Å²) in [5, 5.41) is 5.50. The highest BCUT2D eigenvalue weighted by molar-refractivity contribution is 7.90. The first-order chi connectivity index (χ1) is 12.3. The van der Waals surface area contributed by atoms with Crippen LogP contribution in [0.2, 0.25) is 0 Å². The summed E-state index contributed by atoms with van der Waals surface area (Å²) >= 11 is 0. The Bertz CT molecular complexity index is 909. The second kappa shape index (κ2) is 8.48. The van der Waals surface area contributed by atoms with E-state index in [1.807, 2.05) is 0 Å². The van der Waals surface area contributed by atoms with Crippen molar-refractivity contribution in [2.75, 3.05) is 30.0 Å². The van der Waals surface area contributed by atoms with E-state index in [0.29, 0.717) is 11.4 Å². The second-order valence-corrected chi connectivity index (χ2v) is 7.48. The van der Waals surface area contributed by atoms with Crippen LogP contribution < -0.4 is 10.6 Å². The Kier molecular flexibility index (Phi) is 6.35. The van der Waals surface area contributed by atoms with Crippen LogP contribution in [0.5, 0.6) is 0 Å². The van der Waals surface area contributed by atoms with Crippen molar-refractivity contribution in [1.82, 2.24) is 0 Å². The van der Waals surface area contributed by atoms with E-state index < -0.39 is 15.8 Å². The van der Waals surface area contributed by atoms with Gasteiger partial charge >= 0.3 is 5.97 Å². The summed E-state index contributed by atoms with van der Waals surface area (Å²) in [7, 11) is -3.33. The van der Waals surface area contributed by atoms with Gasteiger partial charge in [-0.05, 0) is 37.3 Å². The molecule has 0 aliphatic heterocycles. The van der Waals surface area contributed by atoms with Crippen LogP contribution >= 0.6 is 0 Å². The molecule has 2 N–H and O–H groups in total. The van der Waals surface area contributed by atoms with E-state index in [0.717, 1.165) is 6.26 Å². The first-order valence-electron chi connectivity index (χ1n) is 7.91. The average Bonchev–Trinajstić information content (AvgIpc) is 2.60. The lowest BCUT2D eigenvalue weighted by Gasteiger charge is -2.11. The lowest BCUT2D eigenvalue weighted by molar-refractivity contribution is -0.114. The molecule has 0 saturated carbocycles. The molecule has 0 radical (unpaired) electrons. The Morgan fingerprint density at radius 2 is 1.81 bits per heavy atom. The molecular weight excluding hydrogens is 356 g/mol. The number of hydrogen-bond acceptors (Lipinski definition) is 6. The number of ether oxygens (including phenoxy) is 1. The third-order valence-electron chi connectivity index (χ3n) is 3.41. The van der Waals surface area contributed by atoms with E-state index in [4.69, 9.17) is 4.74 Å². The largest absolute Gasteiger partial charge is 0.462 e. The molecule has 0 bridgehead atoms. The summed E-state index contributed by atoms with van der Waals surface area (Å²) < 4.78 is 28.1. The van der Waals surface area contributed by atoms with Crippen molar-refractivity contribution in [3.63, 3.8) is 0 Å². The SMILES string of the molecule is CCOC(=O)c1ccccc1NC(=O)CNc1cccc(S(C)(=O)=O)c1. The van der Waals surface area contributed by atoms with Gasteiger partial charge in [0.1, 0.15) is 0 Å². The predicted molar refractivity (Wildman–Crippen MR) is 99.1 cm³/mol. The van der Waals surface area contributed by atoms with Crippen LogP contribution in [0.3, 0.4) is 0 Å². The van der Waals surface area contributed by atoms with Gasteiger partial charge < -0.3 is 15.4 Å². The molecule has 2 rings (SSSR count). The number of nitrogens with one attached hydrogen (secondary N) is 2. The summed E-state index contributed by atoms with van der Waals surface area (Å²) in [6.45, 7) is 1.84. The maximum absolute atomic E-state index is 12.2. The smallest absolute Gasteiger partial charge is 0.340 e. The van der Waals surface area contributed by atoms with Crippen molar-refractivity contribution in [3.05, 3.63) is 54.1 Å². The molecule has 0 aliphatic carbocycles.